The number of hydrogen-bond acceptors (Lipinski definition) is 5. The lowest BCUT2D eigenvalue weighted by atomic mass is 10.1. The highest BCUT2D eigenvalue weighted by atomic mass is 127. The molecular formula is C20H41IN4O4S. The van der Waals surface area contributed by atoms with E-state index in [1.165, 1.54) is 6.26 Å². The summed E-state index contributed by atoms with van der Waals surface area (Å²) in [5.41, 5.74) is -0.755. The predicted octanol–water partition coefficient (Wildman–Crippen LogP) is 3.07. The third-order valence-electron chi connectivity index (χ3n) is 4.58. The summed E-state index contributed by atoms with van der Waals surface area (Å²) in [6.45, 7) is 11.2. The number of carbonyl (C=O) groups excluding carboxylic acids is 1. The van der Waals surface area contributed by atoms with Gasteiger partial charge in [0.15, 0.2) is 5.96 Å². The lowest BCUT2D eigenvalue weighted by Gasteiger charge is -2.24. The molecule has 0 aromatic rings. The molecule has 0 bridgehead atoms. The fourth-order valence-corrected chi connectivity index (χ4v) is 4.53. The van der Waals surface area contributed by atoms with E-state index in [1.54, 1.807) is 0 Å². The molecule has 0 aliphatic heterocycles. The van der Waals surface area contributed by atoms with Crippen molar-refractivity contribution in [3.63, 3.8) is 0 Å². The normalized spacial score (nSPS) is 16.8. The Morgan fingerprint density at radius 1 is 1.20 bits per heavy atom. The first-order chi connectivity index (χ1) is 13.4. The van der Waals surface area contributed by atoms with Crippen LogP contribution >= 0.6 is 24.0 Å². The first-order valence-corrected chi connectivity index (χ1v) is 12.6. The molecule has 30 heavy (non-hydrogen) atoms. The van der Waals surface area contributed by atoms with E-state index in [-0.39, 0.29) is 41.2 Å². The van der Waals surface area contributed by atoms with Gasteiger partial charge in [-0.3, -0.25) is 4.99 Å². The number of aliphatic imine (C=N–C) groups is 1. The second kappa shape index (κ2) is 12.9. The quantitative estimate of drug-likeness (QED) is 0.204. The molecule has 1 aliphatic rings. The first-order valence-electron chi connectivity index (χ1n) is 10.6. The van der Waals surface area contributed by atoms with Crippen molar-refractivity contribution in [2.45, 2.75) is 78.4 Å². The topological polar surface area (TPSA) is 109 Å². The van der Waals surface area contributed by atoms with Crippen LogP contribution in [0.1, 0.15) is 66.7 Å². The van der Waals surface area contributed by atoms with Gasteiger partial charge in [-0.05, 0) is 47.0 Å². The number of ether oxygens (including phenoxy) is 1. The van der Waals surface area contributed by atoms with Crippen molar-refractivity contribution in [1.29, 1.82) is 0 Å². The molecular weight excluding hydrogens is 519 g/mol. The molecule has 0 radical (unpaired) electrons. The van der Waals surface area contributed by atoms with E-state index in [0.717, 1.165) is 32.1 Å². The van der Waals surface area contributed by atoms with Crippen LogP contribution in [0, 0.1) is 5.41 Å². The zero-order chi connectivity index (χ0) is 22.1. The van der Waals surface area contributed by atoms with Crippen LogP contribution in [0.25, 0.3) is 0 Å². The van der Waals surface area contributed by atoms with Gasteiger partial charge in [-0.15, -0.1) is 24.0 Å². The zero-order valence-corrected chi connectivity index (χ0v) is 22.5. The first kappa shape index (κ1) is 29.2. The molecule has 0 aromatic carbocycles. The monoisotopic (exact) mass is 560 g/mol. The van der Waals surface area contributed by atoms with E-state index >= 15 is 0 Å². The molecule has 0 saturated heterocycles. The van der Waals surface area contributed by atoms with E-state index in [9.17, 15) is 13.2 Å². The van der Waals surface area contributed by atoms with Crippen molar-refractivity contribution in [3.8, 4) is 0 Å². The lowest BCUT2D eigenvalue weighted by Crippen LogP contribution is -2.49. The molecule has 0 aromatic heterocycles. The van der Waals surface area contributed by atoms with Crippen molar-refractivity contribution >= 4 is 45.9 Å². The van der Waals surface area contributed by atoms with Gasteiger partial charge < -0.3 is 20.7 Å². The number of rotatable bonds is 11. The van der Waals surface area contributed by atoms with Crippen LogP contribution in [0.2, 0.25) is 0 Å². The van der Waals surface area contributed by atoms with Gasteiger partial charge in [0.1, 0.15) is 15.4 Å². The van der Waals surface area contributed by atoms with E-state index < -0.39 is 21.5 Å². The Balaban J connectivity index is 0.00000841. The molecule has 1 amide bonds. The number of hydrogen-bond donors (Lipinski definition) is 3. The molecule has 0 spiro atoms. The Kier molecular flexibility index (Phi) is 12.6. The maximum Gasteiger partial charge on any atom is 0.407 e. The van der Waals surface area contributed by atoms with Gasteiger partial charge in [0.05, 0.1) is 5.75 Å². The predicted molar refractivity (Wildman–Crippen MR) is 133 cm³/mol. The fraction of sp³-hybridized carbons (Fsp3) is 0.900. The number of guanidine groups is 1. The Morgan fingerprint density at radius 2 is 1.83 bits per heavy atom. The average molecular weight is 561 g/mol. The number of unbranched alkanes of at least 4 members (excludes halogenated alkanes) is 1. The van der Waals surface area contributed by atoms with Gasteiger partial charge >= 0.3 is 6.09 Å². The fourth-order valence-electron chi connectivity index (χ4n) is 3.04. The van der Waals surface area contributed by atoms with Crippen molar-refractivity contribution in [1.82, 2.24) is 16.0 Å². The van der Waals surface area contributed by atoms with Crippen molar-refractivity contribution in [2.24, 2.45) is 10.4 Å². The number of halogens is 1. The summed E-state index contributed by atoms with van der Waals surface area (Å²) in [6.07, 6.45) is 5.58. The average Bonchev–Trinajstić information content (AvgIpc) is 3.31. The summed E-state index contributed by atoms with van der Waals surface area (Å²) in [6, 6.07) is 0.00493. The van der Waals surface area contributed by atoms with Gasteiger partial charge in [-0.2, -0.15) is 0 Å². The van der Waals surface area contributed by atoms with E-state index in [0.29, 0.717) is 25.6 Å². The van der Waals surface area contributed by atoms with Crippen LogP contribution in [0.5, 0.6) is 0 Å². The van der Waals surface area contributed by atoms with E-state index in [2.05, 4.69) is 27.9 Å². The third kappa shape index (κ3) is 13.5. The molecule has 3 N–H and O–H groups in total. The highest BCUT2D eigenvalue weighted by Gasteiger charge is 2.45. The summed E-state index contributed by atoms with van der Waals surface area (Å²) < 4.78 is 28.7. The third-order valence-corrected chi connectivity index (χ3v) is 5.72. The summed E-state index contributed by atoms with van der Waals surface area (Å²) in [7, 11) is -3.02. The van der Waals surface area contributed by atoms with E-state index in [4.69, 9.17) is 4.74 Å². The minimum absolute atomic E-state index is 0. The maximum absolute atomic E-state index is 12.0. The molecule has 1 aliphatic carbocycles. The van der Waals surface area contributed by atoms with Crippen LogP contribution in [0.3, 0.4) is 0 Å². The minimum atomic E-state index is -3.02. The molecule has 1 rings (SSSR count). The van der Waals surface area contributed by atoms with Crippen LogP contribution in [0.15, 0.2) is 4.99 Å². The second-order valence-corrected chi connectivity index (χ2v) is 11.3. The lowest BCUT2D eigenvalue weighted by molar-refractivity contribution is 0.0522. The SMILES string of the molecule is CCCCC(CNC(=O)OC(C)(C)C)NC(=NCC1(CS(C)(=O)=O)CC1)NCC.I. The van der Waals surface area contributed by atoms with Crippen molar-refractivity contribution in [3.05, 3.63) is 0 Å². The van der Waals surface area contributed by atoms with Gasteiger partial charge in [-0.25, -0.2) is 13.2 Å². The van der Waals surface area contributed by atoms with Gasteiger partial charge in [0.2, 0.25) is 0 Å². The number of alkyl carbamates (subject to hydrolysis) is 1. The number of amides is 1. The minimum Gasteiger partial charge on any atom is -0.444 e. The Labute approximate surface area is 199 Å². The summed E-state index contributed by atoms with van der Waals surface area (Å²) >= 11 is 0. The van der Waals surface area contributed by atoms with Crippen molar-refractivity contribution < 1.29 is 17.9 Å². The molecule has 1 unspecified atom stereocenters. The van der Waals surface area contributed by atoms with Crippen LogP contribution in [0.4, 0.5) is 4.79 Å². The molecule has 178 valence electrons. The van der Waals surface area contributed by atoms with Gasteiger partial charge in [-0.1, -0.05) is 19.8 Å². The van der Waals surface area contributed by atoms with Gasteiger partial charge in [0.25, 0.3) is 0 Å². The van der Waals surface area contributed by atoms with Crippen LogP contribution in [-0.4, -0.2) is 63.8 Å². The molecule has 0 heterocycles. The zero-order valence-electron chi connectivity index (χ0n) is 19.3. The smallest absolute Gasteiger partial charge is 0.407 e. The summed E-state index contributed by atoms with van der Waals surface area (Å²) in [4.78, 5) is 16.6. The largest absolute Gasteiger partial charge is 0.444 e. The molecule has 10 heteroatoms. The Bertz CT molecular complexity index is 658. The van der Waals surface area contributed by atoms with Crippen LogP contribution < -0.4 is 16.0 Å². The maximum atomic E-state index is 12.0. The van der Waals surface area contributed by atoms with E-state index in [1.807, 2.05) is 27.7 Å². The molecule has 1 fully saturated rings. The Hall–Kier alpha value is -0.780. The van der Waals surface area contributed by atoms with Crippen LogP contribution in [-0.2, 0) is 14.6 Å². The number of nitrogens with one attached hydrogen (secondary N) is 3. The van der Waals surface area contributed by atoms with Gasteiger partial charge in [0, 0.05) is 37.3 Å². The molecule has 1 atom stereocenters. The Morgan fingerprint density at radius 3 is 2.30 bits per heavy atom. The highest BCUT2D eigenvalue weighted by Crippen LogP contribution is 2.46. The second-order valence-electron chi connectivity index (χ2n) is 9.13. The number of nitrogens with zero attached hydrogens (tertiary/aromatic N) is 1. The molecule has 8 nitrogen and oxygen atoms in total. The highest BCUT2D eigenvalue weighted by molar-refractivity contribution is 14.0. The standard InChI is InChI=1S/C20H40N4O4S.HI/c1-7-9-10-16(13-22-18(25)28-19(3,4)5)24-17(21-8-2)23-14-20(11-12-20)15-29(6,26)27;/h16H,7-15H2,1-6H3,(H,22,25)(H2,21,23,24);1H. The summed E-state index contributed by atoms with van der Waals surface area (Å²) in [5.74, 6) is 0.835. The number of sulfone groups is 1. The van der Waals surface area contributed by atoms with Crippen molar-refractivity contribution in [2.75, 3.05) is 31.6 Å². The molecule has 1 saturated carbocycles. The number of carbonyl (C=O) groups is 1. The summed E-state index contributed by atoms with van der Waals surface area (Å²) in [5, 5.41) is 9.44.